The van der Waals surface area contributed by atoms with E-state index in [1.54, 1.807) is 0 Å². The minimum absolute atomic E-state index is 0.0163. The van der Waals surface area contributed by atoms with Crippen LogP contribution in [0.2, 0.25) is 0 Å². The van der Waals surface area contributed by atoms with Gasteiger partial charge in [0, 0.05) is 11.6 Å². The summed E-state index contributed by atoms with van der Waals surface area (Å²) in [6.07, 6.45) is -11.8. The largest absolute Gasteiger partial charge is 0.508 e. The molecule has 8 unspecified atom stereocenters. The molecule has 13 nitrogen and oxygen atoms in total. The first-order chi connectivity index (χ1) is 18.6. The number of aliphatic hydroxyl groups excluding tert-OH is 6. The summed E-state index contributed by atoms with van der Waals surface area (Å²) in [5, 5.41) is 82.2. The molecule has 1 aromatic heterocycles. The lowest BCUT2D eigenvalue weighted by molar-refractivity contribution is -0.0261. The Hall–Kier alpha value is -3.27. The third-order valence-corrected chi connectivity index (χ3v) is 7.18. The van der Waals surface area contributed by atoms with E-state index >= 15 is 0 Å². The Morgan fingerprint density at radius 2 is 1.36 bits per heavy atom. The number of aromatic hydroxyl groups is 2. The number of hydrogen-bond acceptors (Lipinski definition) is 13. The number of rotatable bonds is 6. The van der Waals surface area contributed by atoms with Gasteiger partial charge < -0.3 is 59.5 Å². The number of hydrogen-bond donors (Lipinski definition) is 8. The molecule has 3 aromatic rings. The molecule has 5 rings (SSSR count). The lowest BCUT2D eigenvalue weighted by Gasteiger charge is -2.26. The number of fused-ring (bicyclic) bond motifs is 1. The zero-order valence-corrected chi connectivity index (χ0v) is 20.5. The van der Waals surface area contributed by atoms with Crippen molar-refractivity contribution in [2.45, 2.75) is 48.8 Å². The lowest BCUT2D eigenvalue weighted by atomic mass is 9.90. The zero-order valence-electron chi connectivity index (χ0n) is 20.5. The molecule has 0 bridgehead atoms. The molecule has 8 atom stereocenters. The average molecular weight is 548 g/mol. The quantitative estimate of drug-likeness (QED) is 0.189. The van der Waals surface area contributed by atoms with Gasteiger partial charge in [-0.15, -0.1) is 0 Å². The summed E-state index contributed by atoms with van der Waals surface area (Å²) in [5.41, 5.74) is -1.08. The summed E-state index contributed by atoms with van der Waals surface area (Å²) in [7, 11) is 1.19. The summed E-state index contributed by atoms with van der Waals surface area (Å²) in [6.45, 7) is -1.32. The molecule has 2 aliphatic heterocycles. The zero-order chi connectivity index (χ0) is 28.2. The monoisotopic (exact) mass is 548 g/mol. The summed E-state index contributed by atoms with van der Waals surface area (Å²) in [4.78, 5) is 13.4. The minimum Gasteiger partial charge on any atom is -0.508 e. The topological polar surface area (TPSA) is 220 Å². The highest BCUT2D eigenvalue weighted by atomic mass is 16.6. The first-order valence-corrected chi connectivity index (χ1v) is 12.1. The van der Waals surface area contributed by atoms with Gasteiger partial charge in [-0.3, -0.25) is 4.79 Å². The highest BCUT2D eigenvalue weighted by Crippen LogP contribution is 2.52. The van der Waals surface area contributed by atoms with Gasteiger partial charge in [-0.2, -0.15) is 0 Å². The van der Waals surface area contributed by atoms with Crippen LogP contribution in [0.15, 0.2) is 39.5 Å². The van der Waals surface area contributed by atoms with Gasteiger partial charge in [0.1, 0.15) is 77.2 Å². The average Bonchev–Trinajstić information content (AvgIpc) is 3.37. The van der Waals surface area contributed by atoms with E-state index in [0.29, 0.717) is 5.56 Å². The van der Waals surface area contributed by atoms with E-state index in [-0.39, 0.29) is 34.0 Å². The molecule has 0 aliphatic carbocycles. The Morgan fingerprint density at radius 1 is 0.821 bits per heavy atom. The van der Waals surface area contributed by atoms with E-state index in [1.807, 2.05) is 0 Å². The van der Waals surface area contributed by atoms with Crippen LogP contribution in [0.4, 0.5) is 0 Å². The van der Waals surface area contributed by atoms with E-state index in [9.17, 15) is 45.6 Å². The Morgan fingerprint density at radius 3 is 1.85 bits per heavy atom. The first-order valence-electron chi connectivity index (χ1n) is 12.1. The van der Waals surface area contributed by atoms with Gasteiger partial charge >= 0.3 is 0 Å². The standard InChI is InChI=1S/C26H28O13/c1-36-23-16(25-21(34)18(31)13(7-27)38-25)20(33)15-11(30)6-12(9-2-4-10(29)5-3-9)37-24(15)17(23)26-22(35)19(32)14(8-28)39-26/h2-6,13-14,18-19,21-22,25-29,31-35H,7-8H2,1H3. The van der Waals surface area contributed by atoms with Gasteiger partial charge in [0.2, 0.25) is 0 Å². The van der Waals surface area contributed by atoms with Gasteiger partial charge in [-0.05, 0) is 24.3 Å². The lowest BCUT2D eigenvalue weighted by Crippen LogP contribution is -2.32. The minimum atomic E-state index is -1.67. The number of ether oxygens (including phenoxy) is 3. The second kappa shape index (κ2) is 10.4. The highest BCUT2D eigenvalue weighted by molar-refractivity contribution is 5.92. The smallest absolute Gasteiger partial charge is 0.197 e. The summed E-state index contributed by atoms with van der Waals surface area (Å²) in [6, 6.07) is 6.79. The van der Waals surface area contributed by atoms with Crippen molar-refractivity contribution in [3.63, 3.8) is 0 Å². The summed E-state index contributed by atoms with van der Waals surface area (Å²) >= 11 is 0. The molecule has 0 radical (unpaired) electrons. The van der Waals surface area contributed by atoms with Crippen molar-refractivity contribution in [3.8, 4) is 28.6 Å². The van der Waals surface area contributed by atoms with Crippen molar-refractivity contribution in [2.75, 3.05) is 20.3 Å². The van der Waals surface area contributed by atoms with E-state index in [4.69, 9.17) is 18.6 Å². The molecule has 210 valence electrons. The summed E-state index contributed by atoms with van der Waals surface area (Å²) < 4.78 is 22.9. The number of phenolic OH excluding ortho intramolecular Hbond substituents is 2. The van der Waals surface area contributed by atoms with Crippen LogP contribution in [0, 0.1) is 0 Å². The number of phenols is 2. The second-order valence-electron chi connectivity index (χ2n) is 9.45. The molecule has 2 saturated heterocycles. The maximum Gasteiger partial charge on any atom is 0.197 e. The molecule has 39 heavy (non-hydrogen) atoms. The summed E-state index contributed by atoms with van der Waals surface area (Å²) in [5.74, 6) is -0.979. The van der Waals surface area contributed by atoms with Gasteiger partial charge in [0.25, 0.3) is 0 Å². The molecule has 13 heteroatoms. The molecular weight excluding hydrogens is 520 g/mol. The maximum absolute atomic E-state index is 13.4. The number of methoxy groups -OCH3 is 1. The second-order valence-corrected chi connectivity index (χ2v) is 9.45. The van der Waals surface area contributed by atoms with Gasteiger partial charge in [-0.1, -0.05) is 0 Å². The van der Waals surface area contributed by atoms with Crippen molar-refractivity contribution >= 4 is 11.0 Å². The van der Waals surface area contributed by atoms with Crippen LogP contribution < -0.4 is 10.2 Å². The maximum atomic E-state index is 13.4. The molecule has 0 spiro atoms. The van der Waals surface area contributed by atoms with E-state index in [0.717, 1.165) is 6.07 Å². The van der Waals surface area contributed by atoms with Crippen LogP contribution in [0.25, 0.3) is 22.3 Å². The van der Waals surface area contributed by atoms with Gasteiger partial charge in [0.15, 0.2) is 11.0 Å². The third kappa shape index (κ3) is 4.33. The van der Waals surface area contributed by atoms with Gasteiger partial charge in [-0.25, -0.2) is 0 Å². The van der Waals surface area contributed by atoms with Crippen LogP contribution in [0.5, 0.6) is 17.2 Å². The predicted octanol–water partition coefficient (Wildman–Crippen LogP) is -0.812. The van der Waals surface area contributed by atoms with Crippen LogP contribution >= 0.6 is 0 Å². The van der Waals surface area contributed by atoms with E-state index < -0.39 is 78.6 Å². The number of aliphatic hydroxyl groups is 6. The molecule has 0 amide bonds. The van der Waals surface area contributed by atoms with Crippen molar-refractivity contribution in [2.24, 2.45) is 0 Å². The molecule has 8 N–H and O–H groups in total. The van der Waals surface area contributed by atoms with E-state index in [1.165, 1.54) is 31.4 Å². The number of benzene rings is 2. The highest BCUT2D eigenvalue weighted by Gasteiger charge is 2.50. The SMILES string of the molecule is COc1c(C2OC(CO)C(O)C2O)c(O)c2c(=O)cc(-c3ccc(O)cc3)oc2c1C1OC(CO)C(O)C1O. The Bertz CT molecular complexity index is 1420. The predicted molar refractivity (Wildman–Crippen MR) is 131 cm³/mol. The molecule has 2 aromatic carbocycles. The molecule has 3 heterocycles. The fraction of sp³-hybridized carbons (Fsp3) is 0.423. The Kier molecular flexibility index (Phi) is 7.26. The van der Waals surface area contributed by atoms with Crippen LogP contribution in [-0.2, 0) is 9.47 Å². The van der Waals surface area contributed by atoms with Crippen molar-refractivity contribution in [1.29, 1.82) is 0 Å². The van der Waals surface area contributed by atoms with Crippen LogP contribution in [-0.4, -0.2) is 97.8 Å². The molecule has 2 aliphatic rings. The van der Waals surface area contributed by atoms with Crippen molar-refractivity contribution in [3.05, 3.63) is 51.7 Å². The van der Waals surface area contributed by atoms with E-state index in [2.05, 4.69) is 0 Å². The van der Waals surface area contributed by atoms with Crippen LogP contribution in [0.3, 0.4) is 0 Å². The normalized spacial score (nSPS) is 30.7. The Balaban J connectivity index is 1.83. The fourth-order valence-electron chi connectivity index (χ4n) is 5.18. The van der Waals surface area contributed by atoms with Gasteiger partial charge in [0.05, 0.1) is 31.5 Å². The van der Waals surface area contributed by atoms with Crippen molar-refractivity contribution < 1.29 is 59.5 Å². The molecule has 0 saturated carbocycles. The third-order valence-electron chi connectivity index (χ3n) is 7.18. The van der Waals surface area contributed by atoms with Crippen molar-refractivity contribution in [1.82, 2.24) is 0 Å². The fourth-order valence-corrected chi connectivity index (χ4v) is 5.18. The molecule has 2 fully saturated rings. The Labute approximate surface area is 220 Å². The molecular formula is C26H28O13. The van der Waals surface area contributed by atoms with Crippen LogP contribution in [0.1, 0.15) is 23.3 Å². The first kappa shape index (κ1) is 27.3.